The number of methoxy groups -OCH3 is 2. The van der Waals surface area contributed by atoms with Crippen LogP contribution in [-0.2, 0) is 74.6 Å². The Balaban J connectivity index is 0.000000819. The minimum Gasteiger partial charge on any atom is -0.387 e. The van der Waals surface area contributed by atoms with Gasteiger partial charge in [0.1, 0.15) is 14.5 Å². The van der Waals surface area contributed by atoms with Crippen molar-refractivity contribution in [3.63, 3.8) is 0 Å². The Morgan fingerprint density at radius 1 is 1.00 bits per heavy atom. The third-order valence-corrected chi connectivity index (χ3v) is 14.3. The maximum atomic E-state index is 12.6. The van der Waals surface area contributed by atoms with Crippen molar-refractivity contribution in [1.82, 2.24) is 8.61 Å². The van der Waals surface area contributed by atoms with Gasteiger partial charge >= 0.3 is 22.0 Å². The number of thiophene rings is 2. The van der Waals surface area contributed by atoms with Gasteiger partial charge in [-0.1, -0.05) is 7.43 Å². The topological polar surface area (TPSA) is 300 Å². The first-order valence-corrected chi connectivity index (χ1v) is 22.0. The maximum Gasteiger partial charge on any atom is 0.413 e. The lowest BCUT2D eigenvalue weighted by Gasteiger charge is -2.33. The van der Waals surface area contributed by atoms with Crippen molar-refractivity contribution < 1.29 is 75.9 Å². The molecule has 0 radical (unpaired) electrons. The van der Waals surface area contributed by atoms with Crippen LogP contribution in [0.3, 0.4) is 0 Å². The molecule has 2 aliphatic rings. The molecule has 28 heteroatoms. The molecule has 4 rings (SSSR count). The summed E-state index contributed by atoms with van der Waals surface area (Å²) in [4.78, 5) is 3.98. The molecule has 4 heterocycles. The number of fused-ring (bicyclic) bond motifs is 2. The Bertz CT molecular complexity index is 1700. The zero-order chi connectivity index (χ0) is 39.5. The largest absolute Gasteiger partial charge is 0.413 e. The molecule has 0 aliphatic carbocycles. The first-order chi connectivity index (χ1) is 24.5. The summed E-state index contributed by atoms with van der Waals surface area (Å²) in [5, 5.41) is 11.9. The van der Waals surface area contributed by atoms with E-state index in [4.69, 9.17) is 37.8 Å². The van der Waals surface area contributed by atoms with Gasteiger partial charge in [-0.3, -0.25) is 4.55 Å². The zero-order valence-corrected chi connectivity index (χ0v) is 34.0. The Kier molecular flexibility index (Phi) is 25.4. The van der Waals surface area contributed by atoms with E-state index in [0.717, 1.165) is 28.9 Å². The molecule has 0 aromatic carbocycles. The highest BCUT2D eigenvalue weighted by molar-refractivity contribution is 7.97. The highest BCUT2D eigenvalue weighted by Crippen LogP contribution is 2.42. The molecule has 0 saturated heterocycles. The number of aliphatic hydroxyl groups is 1. The lowest BCUT2D eigenvalue weighted by Crippen LogP contribution is -2.41. The molecule has 2 aromatic rings. The van der Waals surface area contributed by atoms with E-state index in [1.54, 1.807) is 25.7 Å². The summed E-state index contributed by atoms with van der Waals surface area (Å²) in [5.74, 6) is 8.71. The molecule has 0 fully saturated rings. The van der Waals surface area contributed by atoms with Crippen LogP contribution in [0.25, 0.3) is 0 Å². The Hall–Kier alpha value is -1.10. The van der Waals surface area contributed by atoms with E-state index in [2.05, 4.69) is 19.5 Å². The minimum atomic E-state index is -4.38. The summed E-state index contributed by atoms with van der Waals surface area (Å²) in [6, 6.07) is 3.39. The minimum absolute atomic E-state index is 0. The van der Waals surface area contributed by atoms with Gasteiger partial charge < -0.3 is 24.1 Å². The van der Waals surface area contributed by atoms with Crippen molar-refractivity contribution in [2.45, 2.75) is 65.2 Å². The lowest BCUT2D eigenvalue weighted by atomic mass is 10.2. The number of β-amino-alcohol motifs (C(OH)–C–C–N with tert-alkyl or cyclic N) is 1. The van der Waals surface area contributed by atoms with Crippen molar-refractivity contribution in [3.05, 3.63) is 28.6 Å². The fourth-order valence-corrected chi connectivity index (χ4v) is 11.6. The number of ether oxygens (including phenoxy) is 4. The third-order valence-electron chi connectivity index (χ3n) is 6.51. The summed E-state index contributed by atoms with van der Waals surface area (Å²) in [6.45, 7) is 6.35. The van der Waals surface area contributed by atoms with E-state index >= 15 is 0 Å². The van der Waals surface area contributed by atoms with Gasteiger partial charge in [0.05, 0.1) is 22.4 Å². The Morgan fingerprint density at radius 3 is 2.02 bits per heavy atom. The van der Waals surface area contributed by atoms with Crippen LogP contribution in [0.4, 0.5) is 0 Å². The van der Waals surface area contributed by atoms with Crippen molar-refractivity contribution in [2.75, 3.05) is 60.2 Å². The maximum absolute atomic E-state index is 12.6. The number of aliphatic hydroxyl groups excluding tert-OH is 1. The average molecular weight is 899 g/mol. The molecular weight excluding hydrogens is 853 g/mol. The second kappa shape index (κ2) is 25.9. The molecule has 0 spiro atoms. The Morgan fingerprint density at radius 2 is 1.53 bits per heavy atom. The van der Waals surface area contributed by atoms with Gasteiger partial charge in [0.25, 0.3) is 20.0 Å². The summed E-state index contributed by atoms with van der Waals surface area (Å²) in [5.41, 5.74) is 1.12. The van der Waals surface area contributed by atoms with E-state index < -0.39 is 48.1 Å². The third kappa shape index (κ3) is 16.9. The number of nitrogens with zero attached hydrogens (tertiary/aromatic N) is 2. The normalized spacial score (nSPS) is 19.3. The van der Waals surface area contributed by atoms with Crippen molar-refractivity contribution in [3.8, 4) is 0 Å². The fourth-order valence-electron chi connectivity index (χ4n) is 4.47. The second-order valence-corrected chi connectivity index (χ2v) is 18.3. The smallest absolute Gasteiger partial charge is 0.387 e. The van der Waals surface area contributed by atoms with Crippen molar-refractivity contribution in [1.29, 1.82) is 0 Å². The zero-order valence-electron chi connectivity index (χ0n) is 28.3. The van der Waals surface area contributed by atoms with Gasteiger partial charge in [-0.25, -0.2) is 16.8 Å². The number of nitrogens with two attached hydrogens (primary N) is 2. The monoisotopic (exact) mass is 898 g/mol. The van der Waals surface area contributed by atoms with Crippen LogP contribution in [0.5, 0.6) is 0 Å². The first kappa shape index (κ1) is 51.9. The molecule has 2 aromatic heterocycles. The number of hydrogen-bond donors (Lipinski definition) is 4. The molecule has 0 saturated carbocycles. The molecular formula is C25H46N4O17S7. The molecule has 2 aliphatic heterocycles. The fraction of sp³-hybridized carbons (Fsp3) is 0.680. The van der Waals surface area contributed by atoms with Gasteiger partial charge in [-0.15, -0.1) is 32.0 Å². The van der Waals surface area contributed by atoms with Crippen LogP contribution >= 0.6 is 34.7 Å². The van der Waals surface area contributed by atoms with Gasteiger partial charge in [0.2, 0.25) is 0 Å². The Labute approximate surface area is 325 Å². The van der Waals surface area contributed by atoms with Gasteiger partial charge in [0.15, 0.2) is 6.29 Å². The summed E-state index contributed by atoms with van der Waals surface area (Å²) in [7, 11) is -8.25. The highest BCUT2D eigenvalue weighted by atomic mass is 32.3. The van der Waals surface area contributed by atoms with E-state index in [1.165, 1.54) is 19.9 Å². The van der Waals surface area contributed by atoms with Crippen LogP contribution in [0.2, 0.25) is 0 Å². The predicted molar refractivity (Wildman–Crippen MR) is 194 cm³/mol. The van der Waals surface area contributed by atoms with Crippen LogP contribution in [0.15, 0.2) is 30.1 Å². The van der Waals surface area contributed by atoms with Crippen molar-refractivity contribution >= 4 is 76.7 Å². The molecule has 3 unspecified atom stereocenters. The number of hydrogen-bond acceptors (Lipinski definition) is 21. The predicted octanol–water partition coefficient (Wildman–Crippen LogP) is 1.53. The molecule has 310 valence electrons. The van der Waals surface area contributed by atoms with Crippen LogP contribution in [0.1, 0.15) is 57.5 Å². The quantitative estimate of drug-likeness (QED) is 0.0464. The molecule has 3 atom stereocenters. The standard InChI is InChI=1S/C14H23NO5S2.C10H16N2O6S3.CH4.H3NO4S.O2S/c1-4-19-11(2)20-13-10-15(7-5-8-18-3)22(16,17)14-12(13)6-9-21-14;1-16-4-2-3-12-6-8(13)7-5-9(20-18-17-11)19-10(7)21(12,14)15;;1-5-6(2,3)4;1-3-2/h6,9,11,13H,4-5,7-8,10H2,1-3H3;5,8,13H,2-4,6,11H2,1H3;1H4;1H2,(H,2,3,4);. The van der Waals surface area contributed by atoms with Crippen molar-refractivity contribution in [2.24, 2.45) is 11.8 Å². The van der Waals surface area contributed by atoms with Gasteiger partial charge in [0, 0.05) is 71.3 Å². The summed E-state index contributed by atoms with van der Waals surface area (Å²) < 4.78 is 125. The van der Waals surface area contributed by atoms with E-state index in [1.807, 2.05) is 19.9 Å². The number of sulfonamides is 2. The first-order valence-electron chi connectivity index (χ1n) is 14.6. The molecule has 21 nitrogen and oxygen atoms in total. The highest BCUT2D eigenvalue weighted by Gasteiger charge is 2.40. The van der Waals surface area contributed by atoms with Gasteiger partial charge in [-0.2, -0.15) is 41.5 Å². The lowest BCUT2D eigenvalue weighted by molar-refractivity contribution is -0.195. The van der Waals surface area contributed by atoms with E-state index in [9.17, 15) is 30.4 Å². The summed E-state index contributed by atoms with van der Waals surface area (Å²) in [6.07, 6.45) is -0.312. The van der Waals surface area contributed by atoms with E-state index in [-0.39, 0.29) is 30.6 Å². The van der Waals surface area contributed by atoms with Crippen LogP contribution < -0.4 is 11.8 Å². The molecule has 53 heavy (non-hydrogen) atoms. The van der Waals surface area contributed by atoms with Crippen LogP contribution in [-0.4, -0.2) is 118 Å². The van der Waals surface area contributed by atoms with Crippen LogP contribution in [0, 0.1) is 0 Å². The second-order valence-electron chi connectivity index (χ2n) is 9.89. The molecule has 6 N–H and O–H groups in total. The summed E-state index contributed by atoms with van der Waals surface area (Å²) >= 11 is 2.29. The number of rotatable bonds is 16. The molecule has 0 amide bonds. The average Bonchev–Trinajstić information content (AvgIpc) is 3.76. The van der Waals surface area contributed by atoms with Gasteiger partial charge in [-0.05, 0) is 44.2 Å². The van der Waals surface area contributed by atoms with E-state index in [0.29, 0.717) is 66.3 Å². The SMILES string of the molecule is C.CCOC(C)OC1CN(CCCOC)S(=O)(=O)c2sccc21.COCCCN1CC(O)c2cc(SOON)sc2S1(=O)=O.NOS(=O)(=O)O.O=S=O. The molecule has 0 bridgehead atoms.